The monoisotopic (exact) mass is 494 g/mol. The topological polar surface area (TPSA) is 49.3 Å². The summed E-state index contributed by atoms with van der Waals surface area (Å²) in [5, 5.41) is 7.58. The molecule has 1 aromatic heterocycles. The van der Waals surface area contributed by atoms with Crippen LogP contribution in [-0.4, -0.2) is 29.8 Å². The molecule has 0 amide bonds. The maximum Gasteiger partial charge on any atom is 0.191 e. The van der Waals surface area contributed by atoms with Gasteiger partial charge in [0.05, 0.1) is 12.2 Å². The Labute approximate surface area is 174 Å². The first kappa shape index (κ1) is 22.2. The molecule has 1 heterocycles. The van der Waals surface area contributed by atoms with E-state index in [9.17, 15) is 4.39 Å². The van der Waals surface area contributed by atoms with Crippen molar-refractivity contribution in [2.24, 2.45) is 4.99 Å². The van der Waals surface area contributed by atoms with Gasteiger partial charge in [0.2, 0.25) is 0 Å². The van der Waals surface area contributed by atoms with Crippen molar-refractivity contribution < 1.29 is 4.39 Å². The summed E-state index contributed by atoms with van der Waals surface area (Å²) in [7, 11) is 0. The number of aromatic nitrogens is 1. The summed E-state index contributed by atoms with van der Waals surface area (Å²) in [6.07, 6.45) is 0. The van der Waals surface area contributed by atoms with E-state index in [1.807, 2.05) is 13.8 Å². The molecule has 4 nitrogen and oxygen atoms in total. The van der Waals surface area contributed by atoms with Crippen LogP contribution < -0.4 is 10.6 Å². The fraction of sp³-hybridized carbons (Fsp3) is 0.412. The standard InChI is InChI=1S/C17H23FN4S2.HI/c1-4-19-17(21-11-16-22-12(2)13(3)24-16)20-9-10-23-15-7-5-14(18)6-8-15;/h5-8H,4,9-11H2,1-3H3,(H2,19,20,21);1H. The molecular weight excluding hydrogens is 470 g/mol. The largest absolute Gasteiger partial charge is 0.357 e. The minimum absolute atomic E-state index is 0. The highest BCUT2D eigenvalue weighted by atomic mass is 127. The Morgan fingerprint density at radius 1 is 1.24 bits per heavy atom. The van der Waals surface area contributed by atoms with Gasteiger partial charge >= 0.3 is 0 Å². The van der Waals surface area contributed by atoms with E-state index < -0.39 is 0 Å². The molecule has 0 unspecified atom stereocenters. The van der Waals surface area contributed by atoms with E-state index in [4.69, 9.17) is 0 Å². The molecule has 0 atom stereocenters. The molecule has 0 fully saturated rings. The molecule has 2 aromatic rings. The smallest absolute Gasteiger partial charge is 0.191 e. The van der Waals surface area contributed by atoms with E-state index in [1.165, 1.54) is 17.0 Å². The van der Waals surface area contributed by atoms with Crippen LogP contribution in [0.2, 0.25) is 0 Å². The number of benzene rings is 1. The number of thioether (sulfide) groups is 1. The van der Waals surface area contributed by atoms with Crippen LogP contribution in [0.15, 0.2) is 34.2 Å². The lowest BCUT2D eigenvalue weighted by atomic mass is 10.4. The van der Waals surface area contributed by atoms with E-state index in [0.29, 0.717) is 6.54 Å². The molecule has 0 aliphatic rings. The zero-order chi connectivity index (χ0) is 17.4. The van der Waals surface area contributed by atoms with Crippen molar-refractivity contribution in [3.05, 3.63) is 45.7 Å². The highest BCUT2D eigenvalue weighted by molar-refractivity contribution is 14.0. The number of aliphatic imine (C=N–C) groups is 1. The van der Waals surface area contributed by atoms with Crippen LogP contribution in [0, 0.1) is 19.7 Å². The Bertz CT molecular complexity index is 654. The van der Waals surface area contributed by atoms with E-state index in [1.54, 1.807) is 35.2 Å². The summed E-state index contributed by atoms with van der Waals surface area (Å²) in [4.78, 5) is 11.4. The second kappa shape index (κ2) is 11.7. The van der Waals surface area contributed by atoms with Gasteiger partial charge in [0.25, 0.3) is 0 Å². The fourth-order valence-electron chi connectivity index (χ4n) is 1.96. The molecule has 1 aromatic carbocycles. The molecular formula is C17H24FIN4S2. The van der Waals surface area contributed by atoms with Gasteiger partial charge in [-0.2, -0.15) is 0 Å². The summed E-state index contributed by atoms with van der Waals surface area (Å²) in [6.45, 7) is 8.32. The molecule has 0 bridgehead atoms. The molecule has 0 radical (unpaired) electrons. The Kier molecular flexibility index (Phi) is 10.4. The number of thiazole rings is 1. The third-order valence-corrected chi connectivity index (χ3v) is 5.34. The Morgan fingerprint density at radius 3 is 2.56 bits per heavy atom. The van der Waals surface area contributed by atoms with Gasteiger partial charge in [-0.1, -0.05) is 0 Å². The van der Waals surface area contributed by atoms with Gasteiger partial charge < -0.3 is 10.6 Å². The maximum atomic E-state index is 12.9. The van der Waals surface area contributed by atoms with Crippen LogP contribution in [0.1, 0.15) is 22.5 Å². The lowest BCUT2D eigenvalue weighted by Crippen LogP contribution is -2.38. The zero-order valence-electron chi connectivity index (χ0n) is 14.6. The minimum atomic E-state index is -0.202. The third kappa shape index (κ3) is 7.91. The Balaban J connectivity index is 0.00000312. The van der Waals surface area contributed by atoms with E-state index in [2.05, 4.69) is 27.5 Å². The van der Waals surface area contributed by atoms with Crippen LogP contribution >= 0.6 is 47.1 Å². The van der Waals surface area contributed by atoms with E-state index >= 15 is 0 Å². The van der Waals surface area contributed by atoms with Crippen LogP contribution in [0.4, 0.5) is 4.39 Å². The van der Waals surface area contributed by atoms with Gasteiger partial charge in [-0.15, -0.1) is 47.1 Å². The lowest BCUT2D eigenvalue weighted by molar-refractivity contribution is 0.626. The van der Waals surface area contributed by atoms with E-state index in [-0.39, 0.29) is 29.8 Å². The highest BCUT2D eigenvalue weighted by Gasteiger charge is 2.04. The predicted molar refractivity (Wildman–Crippen MR) is 117 cm³/mol. The van der Waals surface area contributed by atoms with Crippen LogP contribution in [0.5, 0.6) is 0 Å². The Morgan fingerprint density at radius 2 is 1.96 bits per heavy atom. The molecule has 8 heteroatoms. The lowest BCUT2D eigenvalue weighted by Gasteiger charge is -2.10. The number of hydrogen-bond donors (Lipinski definition) is 2. The number of hydrogen-bond acceptors (Lipinski definition) is 4. The molecule has 0 spiro atoms. The maximum absolute atomic E-state index is 12.9. The average molecular weight is 494 g/mol. The molecule has 0 aliphatic heterocycles. The van der Waals surface area contributed by atoms with Gasteiger partial charge in [0.1, 0.15) is 10.8 Å². The average Bonchev–Trinajstić information content (AvgIpc) is 2.89. The van der Waals surface area contributed by atoms with Crippen molar-refractivity contribution >= 4 is 53.0 Å². The number of nitrogens with one attached hydrogen (secondary N) is 2. The molecule has 0 saturated heterocycles. The molecule has 0 aliphatic carbocycles. The number of halogens is 2. The second-order valence-electron chi connectivity index (χ2n) is 5.17. The van der Waals surface area contributed by atoms with Gasteiger partial charge in [-0.3, -0.25) is 0 Å². The van der Waals surface area contributed by atoms with Crippen molar-refractivity contribution in [3.63, 3.8) is 0 Å². The molecule has 25 heavy (non-hydrogen) atoms. The van der Waals surface area contributed by atoms with Crippen LogP contribution in [0.3, 0.4) is 0 Å². The normalized spacial score (nSPS) is 11.1. The molecule has 2 rings (SSSR count). The summed E-state index contributed by atoms with van der Waals surface area (Å²) in [5.74, 6) is 1.47. The number of rotatable bonds is 7. The van der Waals surface area contributed by atoms with Gasteiger partial charge in [-0.25, -0.2) is 14.4 Å². The molecule has 2 N–H and O–H groups in total. The first-order valence-corrected chi connectivity index (χ1v) is 9.72. The first-order chi connectivity index (χ1) is 11.6. The number of guanidine groups is 1. The van der Waals surface area contributed by atoms with Crippen molar-refractivity contribution in [1.29, 1.82) is 0 Å². The van der Waals surface area contributed by atoms with Gasteiger partial charge in [0.15, 0.2) is 5.96 Å². The van der Waals surface area contributed by atoms with Crippen LogP contribution in [0.25, 0.3) is 0 Å². The van der Waals surface area contributed by atoms with Gasteiger partial charge in [-0.05, 0) is 45.0 Å². The van der Waals surface area contributed by atoms with Crippen molar-refractivity contribution in [2.75, 3.05) is 18.8 Å². The third-order valence-electron chi connectivity index (χ3n) is 3.27. The minimum Gasteiger partial charge on any atom is -0.357 e. The molecule has 138 valence electrons. The Hall–Kier alpha value is -0.870. The summed E-state index contributed by atoms with van der Waals surface area (Å²) < 4.78 is 12.9. The fourth-order valence-corrected chi connectivity index (χ4v) is 3.59. The van der Waals surface area contributed by atoms with Crippen LogP contribution in [-0.2, 0) is 6.54 Å². The first-order valence-electron chi connectivity index (χ1n) is 7.92. The summed E-state index contributed by atoms with van der Waals surface area (Å²) >= 11 is 3.38. The summed E-state index contributed by atoms with van der Waals surface area (Å²) in [5.41, 5.74) is 1.08. The van der Waals surface area contributed by atoms with Crippen molar-refractivity contribution in [1.82, 2.24) is 15.6 Å². The number of aryl methyl sites for hydroxylation is 2. The predicted octanol–water partition coefficient (Wildman–Crippen LogP) is 4.36. The highest BCUT2D eigenvalue weighted by Crippen LogP contribution is 2.18. The summed E-state index contributed by atoms with van der Waals surface area (Å²) in [6, 6.07) is 6.57. The zero-order valence-corrected chi connectivity index (χ0v) is 18.6. The van der Waals surface area contributed by atoms with Gasteiger partial charge in [0, 0.05) is 28.6 Å². The van der Waals surface area contributed by atoms with Crippen molar-refractivity contribution in [2.45, 2.75) is 32.2 Å². The molecule has 0 saturated carbocycles. The quantitative estimate of drug-likeness (QED) is 0.198. The van der Waals surface area contributed by atoms with Crippen molar-refractivity contribution in [3.8, 4) is 0 Å². The number of nitrogens with zero attached hydrogens (tertiary/aromatic N) is 2. The second-order valence-corrected chi connectivity index (χ2v) is 7.63. The van der Waals surface area contributed by atoms with E-state index in [0.717, 1.165) is 40.4 Å². The SMILES string of the molecule is CCNC(=NCc1nc(C)c(C)s1)NCCSc1ccc(F)cc1.I.